The van der Waals surface area contributed by atoms with Gasteiger partial charge in [0.2, 0.25) is 0 Å². The third kappa shape index (κ3) is 5.72. The quantitative estimate of drug-likeness (QED) is 0.667. The Balaban J connectivity index is 3.26. The van der Waals surface area contributed by atoms with E-state index in [1.165, 1.54) is 12.8 Å². The molecule has 0 aliphatic carbocycles. The predicted molar refractivity (Wildman–Crippen MR) is 55.2 cm³/mol. The molecule has 0 fully saturated rings. The average molecular weight is 272 g/mol. The van der Waals surface area contributed by atoms with Crippen molar-refractivity contribution in [3.05, 3.63) is 0 Å². The summed E-state index contributed by atoms with van der Waals surface area (Å²) in [7, 11) is 0. The fraction of sp³-hybridized carbons (Fsp3) is 1.00. The second kappa shape index (κ2) is 6.66. The summed E-state index contributed by atoms with van der Waals surface area (Å²) in [4.78, 5) is 0. The zero-order chi connectivity index (χ0) is 7.98. The topological polar surface area (TPSA) is 0 Å². The molecule has 62 valence electrons. The molecule has 0 heterocycles. The molecule has 0 rings (SSSR count). The molecule has 0 amide bonds. The lowest BCUT2D eigenvalue weighted by molar-refractivity contribution is 0.487. The van der Waals surface area contributed by atoms with Gasteiger partial charge in [0, 0.05) is 10.7 Å². The third-order valence-electron chi connectivity index (χ3n) is 1.59. The second-order valence-electron chi connectivity index (χ2n) is 3.15. The molecule has 0 atom stereocenters. The lowest BCUT2D eigenvalue weighted by atomic mass is 10.0. The molecule has 0 nitrogen and oxygen atoms in total. The van der Waals surface area contributed by atoms with Gasteiger partial charge in [-0.15, -0.1) is 0 Å². The zero-order valence-electron chi connectivity index (χ0n) is 6.74. The monoisotopic (exact) mass is 270 g/mol. The van der Waals surface area contributed by atoms with Gasteiger partial charge in [0.1, 0.15) is 0 Å². The van der Waals surface area contributed by atoms with Crippen molar-refractivity contribution in [2.75, 3.05) is 10.7 Å². The van der Waals surface area contributed by atoms with Gasteiger partial charge in [-0.2, -0.15) is 0 Å². The minimum absolute atomic E-state index is 0.822. The van der Waals surface area contributed by atoms with Crippen LogP contribution >= 0.6 is 31.9 Å². The van der Waals surface area contributed by atoms with Crippen LogP contribution in [-0.4, -0.2) is 10.7 Å². The normalized spacial score (nSPS) is 11.4. The predicted octanol–water partition coefficient (Wildman–Crippen LogP) is 3.83. The molecule has 0 bridgehead atoms. The Morgan fingerprint density at radius 3 is 1.80 bits per heavy atom. The van der Waals surface area contributed by atoms with Crippen molar-refractivity contribution in [2.24, 2.45) is 11.8 Å². The number of hydrogen-bond acceptors (Lipinski definition) is 0. The highest BCUT2D eigenvalue weighted by molar-refractivity contribution is 9.09. The van der Waals surface area contributed by atoms with Crippen LogP contribution in [-0.2, 0) is 0 Å². The summed E-state index contributed by atoms with van der Waals surface area (Å²) in [5.41, 5.74) is 0. The molecule has 0 N–H and O–H groups in total. The zero-order valence-corrected chi connectivity index (χ0v) is 9.91. The van der Waals surface area contributed by atoms with Crippen LogP contribution in [0.5, 0.6) is 0 Å². The lowest BCUT2D eigenvalue weighted by Gasteiger charge is -2.11. The number of halogens is 2. The van der Waals surface area contributed by atoms with Gasteiger partial charge >= 0.3 is 0 Å². The molecule has 0 saturated carbocycles. The first kappa shape index (κ1) is 11.0. The van der Waals surface area contributed by atoms with E-state index in [1.807, 2.05) is 0 Å². The second-order valence-corrected chi connectivity index (χ2v) is 4.44. The van der Waals surface area contributed by atoms with Gasteiger partial charge < -0.3 is 0 Å². The molecule has 0 saturated heterocycles. The number of alkyl halides is 2. The third-order valence-corrected chi connectivity index (χ3v) is 3.42. The number of rotatable bonds is 5. The average Bonchev–Trinajstić information content (AvgIpc) is 1.90. The minimum atomic E-state index is 0.822. The largest absolute Gasteiger partial charge is 0.0925 e. The summed E-state index contributed by atoms with van der Waals surface area (Å²) in [5.74, 6) is 1.67. The van der Waals surface area contributed by atoms with Crippen LogP contribution in [0, 0.1) is 11.8 Å². The molecule has 0 aromatic heterocycles. The summed E-state index contributed by atoms with van der Waals surface area (Å²) in [6, 6.07) is 0. The van der Waals surface area contributed by atoms with Crippen LogP contribution in [0.3, 0.4) is 0 Å². The molecule has 0 aromatic rings. The summed E-state index contributed by atoms with van der Waals surface area (Å²) >= 11 is 6.99. The molecule has 2 heteroatoms. The minimum Gasteiger partial charge on any atom is -0.0925 e. The van der Waals surface area contributed by atoms with E-state index >= 15 is 0 Å². The molecule has 0 unspecified atom stereocenters. The maximum atomic E-state index is 3.50. The van der Waals surface area contributed by atoms with Crippen molar-refractivity contribution in [1.82, 2.24) is 0 Å². The molecular weight excluding hydrogens is 256 g/mol. The molecule has 0 spiro atoms. The smallest absolute Gasteiger partial charge is 0.00676 e. The van der Waals surface area contributed by atoms with E-state index in [9.17, 15) is 0 Å². The Morgan fingerprint density at radius 2 is 1.50 bits per heavy atom. The number of hydrogen-bond donors (Lipinski definition) is 0. The maximum absolute atomic E-state index is 3.50. The van der Waals surface area contributed by atoms with Crippen LogP contribution in [0.25, 0.3) is 0 Å². The highest BCUT2D eigenvalue weighted by Crippen LogP contribution is 2.16. The van der Waals surface area contributed by atoms with E-state index in [-0.39, 0.29) is 0 Å². The van der Waals surface area contributed by atoms with Gasteiger partial charge in [0.05, 0.1) is 0 Å². The maximum Gasteiger partial charge on any atom is 0.00676 e. The summed E-state index contributed by atoms with van der Waals surface area (Å²) in [6.45, 7) is 4.55. The summed E-state index contributed by atoms with van der Waals surface area (Å²) in [6.07, 6.45) is 2.69. The highest BCUT2D eigenvalue weighted by atomic mass is 79.9. The first-order chi connectivity index (χ1) is 4.70. The van der Waals surface area contributed by atoms with E-state index in [2.05, 4.69) is 45.7 Å². The molecule has 0 aliphatic rings. The SMILES string of the molecule is CC(C)CCC(CBr)CBr. The Hall–Kier alpha value is 0.960. The lowest BCUT2D eigenvalue weighted by Crippen LogP contribution is -2.04. The van der Waals surface area contributed by atoms with Gasteiger partial charge in [0.15, 0.2) is 0 Å². The van der Waals surface area contributed by atoms with Crippen LogP contribution in [0.1, 0.15) is 26.7 Å². The van der Waals surface area contributed by atoms with Crippen molar-refractivity contribution in [2.45, 2.75) is 26.7 Å². The van der Waals surface area contributed by atoms with Crippen molar-refractivity contribution in [3.63, 3.8) is 0 Å². The van der Waals surface area contributed by atoms with E-state index in [0.29, 0.717) is 0 Å². The van der Waals surface area contributed by atoms with Gasteiger partial charge in [-0.1, -0.05) is 52.1 Å². The first-order valence-corrected chi connectivity index (χ1v) is 6.07. The van der Waals surface area contributed by atoms with Crippen LogP contribution in [0.4, 0.5) is 0 Å². The van der Waals surface area contributed by atoms with Crippen LogP contribution < -0.4 is 0 Å². The van der Waals surface area contributed by atoms with E-state index < -0.39 is 0 Å². The standard InChI is InChI=1S/C8H16Br2/c1-7(2)3-4-8(5-9)6-10/h7-8H,3-6H2,1-2H3. The van der Waals surface area contributed by atoms with E-state index in [0.717, 1.165) is 22.5 Å². The van der Waals surface area contributed by atoms with Gasteiger partial charge in [-0.25, -0.2) is 0 Å². The molecular formula is C8H16Br2. The van der Waals surface area contributed by atoms with Gasteiger partial charge in [-0.3, -0.25) is 0 Å². The van der Waals surface area contributed by atoms with Crippen molar-refractivity contribution >= 4 is 31.9 Å². The molecule has 0 aliphatic heterocycles. The summed E-state index contributed by atoms with van der Waals surface area (Å²) in [5, 5.41) is 2.26. The Labute approximate surface area is 81.0 Å². The fourth-order valence-electron chi connectivity index (χ4n) is 0.765. The van der Waals surface area contributed by atoms with Crippen LogP contribution in [0.2, 0.25) is 0 Å². The highest BCUT2D eigenvalue weighted by Gasteiger charge is 2.05. The molecule has 10 heavy (non-hydrogen) atoms. The Bertz CT molecular complexity index is 67.7. The van der Waals surface area contributed by atoms with Crippen molar-refractivity contribution in [1.29, 1.82) is 0 Å². The molecule has 0 radical (unpaired) electrons. The summed E-state index contributed by atoms with van der Waals surface area (Å²) < 4.78 is 0. The Kier molecular flexibility index (Phi) is 7.30. The van der Waals surface area contributed by atoms with E-state index in [1.54, 1.807) is 0 Å². The van der Waals surface area contributed by atoms with Crippen LogP contribution in [0.15, 0.2) is 0 Å². The van der Waals surface area contributed by atoms with Crippen molar-refractivity contribution in [3.8, 4) is 0 Å². The first-order valence-electron chi connectivity index (χ1n) is 3.82. The van der Waals surface area contributed by atoms with Gasteiger partial charge in [-0.05, 0) is 18.3 Å². The van der Waals surface area contributed by atoms with Gasteiger partial charge in [0.25, 0.3) is 0 Å². The van der Waals surface area contributed by atoms with E-state index in [4.69, 9.17) is 0 Å². The Morgan fingerprint density at radius 1 is 1.00 bits per heavy atom. The molecule has 0 aromatic carbocycles. The van der Waals surface area contributed by atoms with Crippen molar-refractivity contribution < 1.29 is 0 Å². The fourth-order valence-corrected chi connectivity index (χ4v) is 2.48.